The number of halogens is 1. The van der Waals surface area contributed by atoms with Crippen molar-refractivity contribution in [3.05, 3.63) is 71.8 Å². The van der Waals surface area contributed by atoms with Crippen molar-refractivity contribution in [3.63, 3.8) is 0 Å². The fourth-order valence-corrected chi connectivity index (χ4v) is 2.98. The zero-order valence-electron chi connectivity index (χ0n) is 10.6. The first-order valence-corrected chi connectivity index (χ1v) is 6.87. The third-order valence-electron chi connectivity index (χ3n) is 3.56. The topological polar surface area (TPSA) is 13.1 Å². The van der Waals surface area contributed by atoms with Gasteiger partial charge in [-0.3, -0.25) is 0 Å². The van der Waals surface area contributed by atoms with Crippen molar-refractivity contribution >= 4 is 33.5 Å². The van der Waals surface area contributed by atoms with Crippen LogP contribution in [0.5, 0.6) is 0 Å². The molecule has 0 fully saturated rings. The molecule has 2 heteroatoms. The third kappa shape index (κ3) is 1.64. The summed E-state index contributed by atoms with van der Waals surface area (Å²) in [6.07, 6.45) is 0. The van der Waals surface area contributed by atoms with Gasteiger partial charge in [-0.25, -0.2) is 0 Å². The SMILES string of the molecule is Clc1c(-c2ccccc2)ccc2oc3ccccc3c12. The summed E-state index contributed by atoms with van der Waals surface area (Å²) < 4.78 is 5.84. The second-order valence-corrected chi connectivity index (χ2v) is 5.14. The van der Waals surface area contributed by atoms with Crippen LogP contribution < -0.4 is 0 Å². The lowest BCUT2D eigenvalue weighted by molar-refractivity contribution is 0.669. The Hall–Kier alpha value is -2.25. The van der Waals surface area contributed by atoms with E-state index in [1.54, 1.807) is 0 Å². The minimum Gasteiger partial charge on any atom is -0.456 e. The average Bonchev–Trinajstić information content (AvgIpc) is 2.88. The van der Waals surface area contributed by atoms with E-state index in [9.17, 15) is 0 Å². The van der Waals surface area contributed by atoms with E-state index in [2.05, 4.69) is 12.1 Å². The van der Waals surface area contributed by atoms with Gasteiger partial charge in [-0.1, -0.05) is 60.1 Å². The van der Waals surface area contributed by atoms with Gasteiger partial charge in [0.1, 0.15) is 11.2 Å². The van der Waals surface area contributed by atoms with Crippen molar-refractivity contribution in [1.82, 2.24) is 0 Å². The Morgan fingerprint density at radius 3 is 2.30 bits per heavy atom. The third-order valence-corrected chi connectivity index (χ3v) is 3.96. The summed E-state index contributed by atoms with van der Waals surface area (Å²) in [5.41, 5.74) is 3.85. The van der Waals surface area contributed by atoms with Gasteiger partial charge >= 0.3 is 0 Å². The highest BCUT2D eigenvalue weighted by Crippen LogP contribution is 2.39. The number of furan rings is 1. The lowest BCUT2D eigenvalue weighted by Gasteiger charge is -2.05. The minimum absolute atomic E-state index is 0.749. The van der Waals surface area contributed by atoms with E-state index in [1.807, 2.05) is 54.6 Å². The lowest BCUT2D eigenvalue weighted by Crippen LogP contribution is -1.80. The molecule has 0 atom stereocenters. The van der Waals surface area contributed by atoms with E-state index < -0.39 is 0 Å². The summed E-state index contributed by atoms with van der Waals surface area (Å²) in [6, 6.07) is 22.2. The molecule has 0 amide bonds. The Labute approximate surface area is 121 Å². The largest absolute Gasteiger partial charge is 0.456 e. The number of benzene rings is 3. The Bertz CT molecular complexity index is 907. The van der Waals surface area contributed by atoms with Crippen LogP contribution in [0.15, 0.2) is 71.1 Å². The number of rotatable bonds is 1. The van der Waals surface area contributed by atoms with Crippen LogP contribution in [0.4, 0.5) is 0 Å². The zero-order chi connectivity index (χ0) is 13.5. The van der Waals surface area contributed by atoms with Gasteiger partial charge in [-0.05, 0) is 23.8 Å². The van der Waals surface area contributed by atoms with Gasteiger partial charge < -0.3 is 4.42 Å². The number of hydrogen-bond acceptors (Lipinski definition) is 1. The predicted octanol–water partition coefficient (Wildman–Crippen LogP) is 5.91. The van der Waals surface area contributed by atoms with E-state index in [0.717, 1.165) is 38.1 Å². The standard InChI is InChI=1S/C18H11ClO/c19-18-13(12-6-2-1-3-7-12)10-11-16-17(18)14-8-4-5-9-15(14)20-16/h1-11H. The summed E-state index contributed by atoms with van der Waals surface area (Å²) in [5, 5.41) is 2.80. The van der Waals surface area contributed by atoms with Crippen LogP contribution in [0.1, 0.15) is 0 Å². The van der Waals surface area contributed by atoms with Crippen LogP contribution in [-0.4, -0.2) is 0 Å². The molecule has 1 aromatic heterocycles. The van der Waals surface area contributed by atoms with Crippen LogP contribution in [0.25, 0.3) is 33.1 Å². The fourth-order valence-electron chi connectivity index (χ4n) is 2.62. The number of hydrogen-bond donors (Lipinski definition) is 0. The molecular weight excluding hydrogens is 268 g/mol. The van der Waals surface area contributed by atoms with Crippen molar-refractivity contribution in [2.75, 3.05) is 0 Å². The first-order chi connectivity index (χ1) is 9.84. The molecule has 0 aliphatic rings. The molecular formula is C18H11ClO. The molecule has 0 bridgehead atoms. The fraction of sp³-hybridized carbons (Fsp3) is 0. The van der Waals surface area contributed by atoms with E-state index in [-0.39, 0.29) is 0 Å². The Kier molecular flexibility index (Phi) is 2.54. The Balaban J connectivity index is 2.10. The van der Waals surface area contributed by atoms with Crippen molar-refractivity contribution in [2.24, 2.45) is 0 Å². The highest BCUT2D eigenvalue weighted by atomic mass is 35.5. The second kappa shape index (κ2) is 4.39. The molecule has 96 valence electrons. The molecule has 1 nitrogen and oxygen atoms in total. The van der Waals surface area contributed by atoms with Gasteiger partial charge in [0.05, 0.1) is 5.02 Å². The van der Waals surface area contributed by atoms with Crippen LogP contribution in [0, 0.1) is 0 Å². The van der Waals surface area contributed by atoms with Gasteiger partial charge in [0, 0.05) is 16.3 Å². The summed E-state index contributed by atoms with van der Waals surface area (Å²) >= 11 is 6.64. The summed E-state index contributed by atoms with van der Waals surface area (Å²) in [7, 11) is 0. The van der Waals surface area contributed by atoms with E-state index in [1.165, 1.54) is 0 Å². The first-order valence-electron chi connectivity index (χ1n) is 6.50. The molecule has 0 saturated carbocycles. The van der Waals surface area contributed by atoms with E-state index in [0.29, 0.717) is 0 Å². The number of fused-ring (bicyclic) bond motifs is 3. The summed E-state index contributed by atoms with van der Waals surface area (Å²) in [4.78, 5) is 0. The molecule has 0 aliphatic carbocycles. The van der Waals surface area contributed by atoms with Crippen LogP contribution in [-0.2, 0) is 0 Å². The van der Waals surface area contributed by atoms with Gasteiger partial charge in [0.2, 0.25) is 0 Å². The van der Waals surface area contributed by atoms with Crippen molar-refractivity contribution in [1.29, 1.82) is 0 Å². The second-order valence-electron chi connectivity index (χ2n) is 4.76. The van der Waals surface area contributed by atoms with Crippen molar-refractivity contribution < 1.29 is 4.42 Å². The van der Waals surface area contributed by atoms with E-state index in [4.69, 9.17) is 16.0 Å². The van der Waals surface area contributed by atoms with Gasteiger partial charge in [0.15, 0.2) is 0 Å². The zero-order valence-corrected chi connectivity index (χ0v) is 11.4. The summed E-state index contributed by atoms with van der Waals surface area (Å²) in [5.74, 6) is 0. The van der Waals surface area contributed by atoms with Crippen molar-refractivity contribution in [2.45, 2.75) is 0 Å². The van der Waals surface area contributed by atoms with Gasteiger partial charge in [-0.2, -0.15) is 0 Å². The Morgan fingerprint density at radius 2 is 1.45 bits per heavy atom. The molecule has 0 spiro atoms. The minimum atomic E-state index is 0.749. The molecule has 0 unspecified atom stereocenters. The first kappa shape index (κ1) is 11.6. The number of para-hydroxylation sites is 1. The maximum absolute atomic E-state index is 6.64. The molecule has 1 heterocycles. The van der Waals surface area contributed by atoms with Crippen LogP contribution in [0.3, 0.4) is 0 Å². The van der Waals surface area contributed by atoms with Gasteiger partial charge in [0.25, 0.3) is 0 Å². The van der Waals surface area contributed by atoms with Crippen LogP contribution >= 0.6 is 11.6 Å². The molecule has 3 aromatic carbocycles. The highest BCUT2D eigenvalue weighted by molar-refractivity contribution is 6.40. The molecule has 0 saturated heterocycles. The Morgan fingerprint density at radius 1 is 0.700 bits per heavy atom. The molecule has 0 aliphatic heterocycles. The smallest absolute Gasteiger partial charge is 0.136 e. The highest BCUT2D eigenvalue weighted by Gasteiger charge is 2.13. The molecule has 4 aromatic rings. The predicted molar refractivity (Wildman–Crippen MR) is 84.2 cm³/mol. The monoisotopic (exact) mass is 278 g/mol. The normalized spacial score (nSPS) is 11.2. The maximum atomic E-state index is 6.64. The van der Waals surface area contributed by atoms with Gasteiger partial charge in [-0.15, -0.1) is 0 Å². The lowest BCUT2D eigenvalue weighted by atomic mass is 10.0. The van der Waals surface area contributed by atoms with Crippen LogP contribution in [0.2, 0.25) is 5.02 Å². The maximum Gasteiger partial charge on any atom is 0.136 e. The molecule has 20 heavy (non-hydrogen) atoms. The molecule has 0 radical (unpaired) electrons. The quantitative estimate of drug-likeness (QED) is 0.422. The summed E-state index contributed by atoms with van der Waals surface area (Å²) in [6.45, 7) is 0. The van der Waals surface area contributed by atoms with Crippen molar-refractivity contribution in [3.8, 4) is 11.1 Å². The molecule has 0 N–H and O–H groups in total. The van der Waals surface area contributed by atoms with E-state index >= 15 is 0 Å². The average molecular weight is 279 g/mol. The molecule has 4 rings (SSSR count).